The molecular formula is C9H10N2OS. The van der Waals surface area contributed by atoms with E-state index < -0.39 is 0 Å². The van der Waals surface area contributed by atoms with Gasteiger partial charge in [0.25, 0.3) is 5.19 Å². The molecule has 0 bridgehead atoms. The Morgan fingerprint density at radius 3 is 3.15 bits per heavy atom. The van der Waals surface area contributed by atoms with Gasteiger partial charge in [-0.1, -0.05) is 11.3 Å². The fourth-order valence-corrected chi connectivity index (χ4v) is 1.96. The van der Waals surface area contributed by atoms with Crippen molar-refractivity contribution >= 4 is 27.2 Å². The van der Waals surface area contributed by atoms with E-state index in [2.05, 4.69) is 4.98 Å². The van der Waals surface area contributed by atoms with E-state index in [-0.39, 0.29) is 0 Å². The number of aromatic nitrogens is 1. The third-order valence-corrected chi connectivity index (χ3v) is 2.61. The first-order valence-electron chi connectivity index (χ1n) is 4.08. The van der Waals surface area contributed by atoms with Crippen LogP contribution in [0.2, 0.25) is 0 Å². The van der Waals surface area contributed by atoms with Crippen molar-refractivity contribution in [2.75, 3.05) is 12.3 Å². The zero-order chi connectivity index (χ0) is 9.26. The summed E-state index contributed by atoms with van der Waals surface area (Å²) >= 11 is 1.54. The third-order valence-electron chi connectivity index (χ3n) is 1.66. The van der Waals surface area contributed by atoms with Crippen molar-refractivity contribution in [2.45, 2.75) is 6.92 Å². The Kier molecular flexibility index (Phi) is 2.06. The molecule has 68 valence electrons. The number of ether oxygens (including phenoxy) is 1. The van der Waals surface area contributed by atoms with Gasteiger partial charge in [-0.15, -0.1) is 0 Å². The smallest absolute Gasteiger partial charge is 0.274 e. The Balaban J connectivity index is 2.49. The maximum absolute atomic E-state index is 5.63. The van der Waals surface area contributed by atoms with Gasteiger partial charge in [0.2, 0.25) is 0 Å². The summed E-state index contributed by atoms with van der Waals surface area (Å²) in [6.45, 7) is 2.59. The molecule has 0 amide bonds. The highest BCUT2D eigenvalue weighted by Gasteiger charge is 2.03. The molecule has 1 heterocycles. The maximum atomic E-state index is 5.63. The standard InChI is InChI=1S/C9H10N2OS/c1-2-12-9-11-7-5-6(10)3-4-8(7)13-9/h3-5H,2,10H2,1H3. The van der Waals surface area contributed by atoms with E-state index >= 15 is 0 Å². The average Bonchev–Trinajstić information content (AvgIpc) is 2.46. The van der Waals surface area contributed by atoms with Crippen LogP contribution >= 0.6 is 11.3 Å². The molecule has 2 N–H and O–H groups in total. The molecule has 13 heavy (non-hydrogen) atoms. The summed E-state index contributed by atoms with van der Waals surface area (Å²) in [5.74, 6) is 0. The molecule has 0 fully saturated rings. The minimum atomic E-state index is 0.648. The van der Waals surface area contributed by atoms with Gasteiger partial charge in [-0.3, -0.25) is 0 Å². The molecule has 0 saturated carbocycles. The highest BCUT2D eigenvalue weighted by Crippen LogP contribution is 2.28. The van der Waals surface area contributed by atoms with Gasteiger partial charge in [0.05, 0.1) is 16.8 Å². The zero-order valence-corrected chi connectivity index (χ0v) is 8.10. The first-order valence-corrected chi connectivity index (χ1v) is 4.90. The lowest BCUT2D eigenvalue weighted by Gasteiger charge is -1.92. The summed E-state index contributed by atoms with van der Waals surface area (Å²) in [5, 5.41) is 0.711. The molecule has 3 nitrogen and oxygen atoms in total. The number of thiazole rings is 1. The van der Waals surface area contributed by atoms with Gasteiger partial charge in [-0.05, 0) is 25.1 Å². The van der Waals surface area contributed by atoms with Crippen LogP contribution in [0.3, 0.4) is 0 Å². The molecule has 0 radical (unpaired) electrons. The second-order valence-corrected chi connectivity index (χ2v) is 3.63. The number of nitrogens with two attached hydrogens (primary N) is 1. The number of nitrogens with zero attached hydrogens (tertiary/aromatic N) is 1. The van der Waals surface area contributed by atoms with Crippen molar-refractivity contribution in [1.29, 1.82) is 0 Å². The van der Waals surface area contributed by atoms with E-state index in [1.807, 2.05) is 25.1 Å². The highest BCUT2D eigenvalue weighted by atomic mass is 32.1. The van der Waals surface area contributed by atoms with Gasteiger partial charge >= 0.3 is 0 Å². The van der Waals surface area contributed by atoms with E-state index in [1.165, 1.54) is 0 Å². The second kappa shape index (κ2) is 3.22. The maximum Gasteiger partial charge on any atom is 0.274 e. The summed E-state index contributed by atoms with van der Waals surface area (Å²) in [5.41, 5.74) is 7.28. The van der Waals surface area contributed by atoms with Crippen molar-refractivity contribution in [1.82, 2.24) is 4.98 Å². The molecule has 0 aliphatic heterocycles. The van der Waals surface area contributed by atoms with Gasteiger partial charge in [-0.2, -0.15) is 0 Å². The zero-order valence-electron chi connectivity index (χ0n) is 7.28. The molecule has 0 unspecified atom stereocenters. The number of hydrogen-bond donors (Lipinski definition) is 1. The van der Waals surface area contributed by atoms with E-state index in [9.17, 15) is 0 Å². The lowest BCUT2D eigenvalue weighted by molar-refractivity contribution is 0.339. The minimum absolute atomic E-state index is 0.648. The molecule has 0 aliphatic rings. The fourth-order valence-electron chi connectivity index (χ4n) is 1.11. The molecule has 0 spiro atoms. The Morgan fingerprint density at radius 1 is 1.54 bits per heavy atom. The van der Waals surface area contributed by atoms with Crippen LogP contribution in [0, 0.1) is 0 Å². The Morgan fingerprint density at radius 2 is 2.38 bits per heavy atom. The summed E-state index contributed by atoms with van der Waals surface area (Å²) in [7, 11) is 0. The molecule has 0 atom stereocenters. The van der Waals surface area contributed by atoms with E-state index in [0.29, 0.717) is 11.8 Å². The molecule has 4 heteroatoms. The molecule has 0 aliphatic carbocycles. The van der Waals surface area contributed by atoms with E-state index in [4.69, 9.17) is 10.5 Å². The molecule has 1 aromatic carbocycles. The van der Waals surface area contributed by atoms with Crippen molar-refractivity contribution in [3.8, 4) is 5.19 Å². The molecular weight excluding hydrogens is 184 g/mol. The van der Waals surface area contributed by atoms with Crippen LogP contribution in [-0.4, -0.2) is 11.6 Å². The van der Waals surface area contributed by atoms with Crippen molar-refractivity contribution in [3.05, 3.63) is 18.2 Å². The Bertz CT molecular complexity index is 424. The van der Waals surface area contributed by atoms with E-state index in [1.54, 1.807) is 11.3 Å². The van der Waals surface area contributed by atoms with Crippen LogP contribution in [0.4, 0.5) is 5.69 Å². The van der Waals surface area contributed by atoms with Crippen LogP contribution < -0.4 is 10.5 Å². The van der Waals surface area contributed by atoms with Crippen molar-refractivity contribution < 1.29 is 4.74 Å². The summed E-state index contributed by atoms with van der Waals surface area (Å²) in [4.78, 5) is 4.28. The summed E-state index contributed by atoms with van der Waals surface area (Å²) in [6.07, 6.45) is 0. The van der Waals surface area contributed by atoms with Crippen LogP contribution in [0.1, 0.15) is 6.92 Å². The lowest BCUT2D eigenvalue weighted by Crippen LogP contribution is -1.89. The quantitative estimate of drug-likeness (QED) is 0.746. The van der Waals surface area contributed by atoms with Gasteiger partial charge in [0.1, 0.15) is 0 Å². The third kappa shape index (κ3) is 1.58. The van der Waals surface area contributed by atoms with Gasteiger partial charge in [0.15, 0.2) is 0 Å². The number of anilines is 1. The normalized spacial score (nSPS) is 10.5. The first kappa shape index (κ1) is 8.31. The Labute approximate surface area is 80.2 Å². The van der Waals surface area contributed by atoms with Crippen LogP contribution in [0.25, 0.3) is 10.2 Å². The van der Waals surface area contributed by atoms with Crippen molar-refractivity contribution in [3.63, 3.8) is 0 Å². The predicted molar refractivity (Wildman–Crippen MR) is 55.2 cm³/mol. The lowest BCUT2D eigenvalue weighted by atomic mass is 10.3. The number of nitrogen functional groups attached to an aromatic ring is 1. The van der Waals surface area contributed by atoms with E-state index in [0.717, 1.165) is 15.9 Å². The summed E-state index contributed by atoms with van der Waals surface area (Å²) < 4.78 is 6.41. The number of fused-ring (bicyclic) bond motifs is 1. The minimum Gasteiger partial charge on any atom is -0.470 e. The highest BCUT2D eigenvalue weighted by molar-refractivity contribution is 7.20. The number of hydrogen-bond acceptors (Lipinski definition) is 4. The fraction of sp³-hybridized carbons (Fsp3) is 0.222. The molecule has 1 aromatic heterocycles. The SMILES string of the molecule is CCOc1nc2cc(N)ccc2s1. The van der Waals surface area contributed by atoms with Crippen LogP contribution in [0.15, 0.2) is 18.2 Å². The van der Waals surface area contributed by atoms with Crippen molar-refractivity contribution in [2.24, 2.45) is 0 Å². The first-order chi connectivity index (χ1) is 6.29. The topological polar surface area (TPSA) is 48.1 Å². The average molecular weight is 194 g/mol. The molecule has 0 saturated heterocycles. The van der Waals surface area contributed by atoms with Crippen LogP contribution in [0.5, 0.6) is 5.19 Å². The number of rotatable bonds is 2. The summed E-state index contributed by atoms with van der Waals surface area (Å²) in [6, 6.07) is 5.69. The second-order valence-electron chi connectivity index (χ2n) is 2.64. The van der Waals surface area contributed by atoms with Gasteiger partial charge in [-0.25, -0.2) is 4.98 Å². The Hall–Kier alpha value is -1.29. The molecule has 2 aromatic rings. The monoisotopic (exact) mass is 194 g/mol. The van der Waals surface area contributed by atoms with Crippen LogP contribution in [-0.2, 0) is 0 Å². The van der Waals surface area contributed by atoms with Gasteiger partial charge < -0.3 is 10.5 Å². The predicted octanol–water partition coefficient (Wildman–Crippen LogP) is 2.28. The number of benzene rings is 1. The molecule has 2 rings (SSSR count). The largest absolute Gasteiger partial charge is 0.470 e. The van der Waals surface area contributed by atoms with Gasteiger partial charge in [0, 0.05) is 5.69 Å².